The number of phenolic OH excluding ortho intramolecular Hbond substituents is 2. The average molecular weight is 266 g/mol. The van der Waals surface area contributed by atoms with E-state index in [2.05, 4.69) is 0 Å². The van der Waals surface area contributed by atoms with E-state index in [9.17, 15) is 15.0 Å². The fourth-order valence-electron chi connectivity index (χ4n) is 2.08. The lowest BCUT2D eigenvalue weighted by Crippen LogP contribution is -1.93. The summed E-state index contributed by atoms with van der Waals surface area (Å²) in [6.45, 7) is 0. The first-order valence-electron chi connectivity index (χ1n) is 6.83. The van der Waals surface area contributed by atoms with E-state index < -0.39 is 5.97 Å². The highest BCUT2D eigenvalue weighted by Crippen LogP contribution is 2.29. The van der Waals surface area contributed by atoms with Crippen LogP contribution >= 0.6 is 0 Å². The molecule has 0 aromatic heterocycles. The van der Waals surface area contributed by atoms with Crippen molar-refractivity contribution in [2.24, 2.45) is 0 Å². The highest BCUT2D eigenvalue weighted by Gasteiger charge is 2.04. The third-order valence-corrected chi connectivity index (χ3v) is 3.19. The van der Waals surface area contributed by atoms with E-state index in [1.165, 1.54) is 6.07 Å². The molecule has 0 unspecified atom stereocenters. The van der Waals surface area contributed by atoms with Crippen LogP contribution in [0.2, 0.25) is 0 Å². The predicted molar refractivity (Wildman–Crippen MR) is 73.4 cm³/mol. The molecular formula is C15H22O4. The summed E-state index contributed by atoms with van der Waals surface area (Å²) in [4.78, 5) is 10.3. The standard InChI is InChI=1S/C15H22O4/c16-13-10-7-9-12(15(13)19)8-5-3-1-2-4-6-11-14(17)18/h7,9-10,16,19H,1-6,8,11H2,(H,17,18). The molecule has 0 atom stereocenters. The van der Waals surface area contributed by atoms with Crippen molar-refractivity contribution in [3.8, 4) is 11.5 Å². The molecule has 0 fully saturated rings. The van der Waals surface area contributed by atoms with E-state index in [-0.39, 0.29) is 17.9 Å². The van der Waals surface area contributed by atoms with Gasteiger partial charge in [0.25, 0.3) is 0 Å². The second-order valence-corrected chi connectivity index (χ2v) is 4.80. The zero-order chi connectivity index (χ0) is 14.1. The number of phenols is 2. The van der Waals surface area contributed by atoms with Gasteiger partial charge in [0.2, 0.25) is 0 Å². The lowest BCUT2D eigenvalue weighted by atomic mass is 10.0. The molecule has 0 bridgehead atoms. The SMILES string of the molecule is O=C(O)CCCCCCCCc1cccc(O)c1O. The first-order chi connectivity index (χ1) is 9.11. The molecule has 0 heterocycles. The van der Waals surface area contributed by atoms with Crippen LogP contribution in [-0.2, 0) is 11.2 Å². The predicted octanol–water partition coefficient (Wildman–Crippen LogP) is 3.46. The van der Waals surface area contributed by atoms with Gasteiger partial charge in [0, 0.05) is 6.42 Å². The number of para-hydroxylation sites is 1. The van der Waals surface area contributed by atoms with Crippen LogP contribution in [0.5, 0.6) is 11.5 Å². The number of aryl methyl sites for hydroxylation is 1. The minimum atomic E-state index is -0.723. The molecule has 0 aliphatic carbocycles. The van der Waals surface area contributed by atoms with Gasteiger partial charge in [-0.1, -0.05) is 37.8 Å². The molecule has 3 N–H and O–H groups in total. The van der Waals surface area contributed by atoms with Gasteiger partial charge in [-0.3, -0.25) is 4.79 Å². The number of aliphatic carboxylic acids is 1. The van der Waals surface area contributed by atoms with Crippen molar-refractivity contribution in [3.63, 3.8) is 0 Å². The highest BCUT2D eigenvalue weighted by atomic mass is 16.4. The molecule has 0 spiro atoms. The first kappa shape index (κ1) is 15.3. The number of aromatic hydroxyl groups is 2. The maximum atomic E-state index is 10.3. The number of unbranched alkanes of at least 4 members (excludes halogenated alkanes) is 5. The molecule has 4 heteroatoms. The van der Waals surface area contributed by atoms with Gasteiger partial charge in [0.1, 0.15) is 0 Å². The molecule has 106 valence electrons. The molecule has 0 aliphatic rings. The monoisotopic (exact) mass is 266 g/mol. The molecule has 0 saturated heterocycles. The molecule has 1 aromatic carbocycles. The summed E-state index contributed by atoms with van der Waals surface area (Å²) in [7, 11) is 0. The van der Waals surface area contributed by atoms with Crippen LogP contribution in [0.3, 0.4) is 0 Å². The molecule has 0 saturated carbocycles. The summed E-state index contributed by atoms with van der Waals surface area (Å²) in [5.74, 6) is -0.797. The number of hydrogen-bond donors (Lipinski definition) is 3. The minimum Gasteiger partial charge on any atom is -0.504 e. The van der Waals surface area contributed by atoms with E-state index in [0.717, 1.165) is 50.5 Å². The van der Waals surface area contributed by atoms with Crippen LogP contribution in [0.4, 0.5) is 0 Å². The summed E-state index contributed by atoms with van der Waals surface area (Å²) in [6, 6.07) is 5.03. The van der Waals surface area contributed by atoms with Gasteiger partial charge >= 0.3 is 5.97 Å². The Morgan fingerprint density at radius 1 is 0.947 bits per heavy atom. The molecule has 1 aromatic rings. The van der Waals surface area contributed by atoms with E-state index >= 15 is 0 Å². The van der Waals surface area contributed by atoms with Crippen molar-refractivity contribution in [1.82, 2.24) is 0 Å². The van der Waals surface area contributed by atoms with Crippen LogP contribution in [0.15, 0.2) is 18.2 Å². The number of rotatable bonds is 9. The molecular weight excluding hydrogens is 244 g/mol. The Bertz CT molecular complexity index is 401. The topological polar surface area (TPSA) is 77.8 Å². The van der Waals surface area contributed by atoms with Crippen molar-refractivity contribution in [2.75, 3.05) is 0 Å². The average Bonchev–Trinajstić information content (AvgIpc) is 2.37. The summed E-state index contributed by atoms with van der Waals surface area (Å²) in [6.07, 6.45) is 6.90. The molecule has 0 radical (unpaired) electrons. The van der Waals surface area contributed by atoms with Gasteiger partial charge in [-0.25, -0.2) is 0 Å². The van der Waals surface area contributed by atoms with Gasteiger partial charge in [0.15, 0.2) is 11.5 Å². The Hall–Kier alpha value is -1.71. The summed E-state index contributed by atoms with van der Waals surface area (Å²) in [5.41, 5.74) is 0.783. The fraction of sp³-hybridized carbons (Fsp3) is 0.533. The summed E-state index contributed by atoms with van der Waals surface area (Å²) < 4.78 is 0. The van der Waals surface area contributed by atoms with Crippen LogP contribution in [0, 0.1) is 0 Å². The lowest BCUT2D eigenvalue weighted by Gasteiger charge is -2.06. The quantitative estimate of drug-likeness (QED) is 0.472. The van der Waals surface area contributed by atoms with Gasteiger partial charge in [-0.05, 0) is 30.9 Å². The van der Waals surface area contributed by atoms with Crippen molar-refractivity contribution in [2.45, 2.75) is 51.4 Å². The second-order valence-electron chi connectivity index (χ2n) is 4.80. The Kier molecular flexibility index (Phi) is 6.79. The number of carboxylic acids is 1. The van der Waals surface area contributed by atoms with Crippen LogP contribution in [0.1, 0.15) is 50.5 Å². The molecule has 4 nitrogen and oxygen atoms in total. The van der Waals surface area contributed by atoms with Crippen LogP contribution in [-0.4, -0.2) is 21.3 Å². The lowest BCUT2D eigenvalue weighted by molar-refractivity contribution is -0.137. The van der Waals surface area contributed by atoms with Crippen molar-refractivity contribution >= 4 is 5.97 Å². The van der Waals surface area contributed by atoms with Crippen molar-refractivity contribution < 1.29 is 20.1 Å². The third kappa shape index (κ3) is 6.13. The highest BCUT2D eigenvalue weighted by molar-refractivity contribution is 5.66. The summed E-state index contributed by atoms with van der Waals surface area (Å²) >= 11 is 0. The van der Waals surface area contributed by atoms with E-state index in [0.29, 0.717) is 0 Å². The van der Waals surface area contributed by atoms with Crippen molar-refractivity contribution in [1.29, 1.82) is 0 Å². The smallest absolute Gasteiger partial charge is 0.303 e. The number of carbonyl (C=O) groups is 1. The van der Waals surface area contributed by atoms with E-state index in [4.69, 9.17) is 5.11 Å². The van der Waals surface area contributed by atoms with Gasteiger partial charge in [-0.15, -0.1) is 0 Å². The van der Waals surface area contributed by atoms with Crippen LogP contribution < -0.4 is 0 Å². The Balaban J connectivity index is 2.08. The van der Waals surface area contributed by atoms with Crippen LogP contribution in [0.25, 0.3) is 0 Å². The number of hydrogen-bond acceptors (Lipinski definition) is 3. The maximum Gasteiger partial charge on any atom is 0.303 e. The molecule has 19 heavy (non-hydrogen) atoms. The normalized spacial score (nSPS) is 10.5. The second kappa shape index (κ2) is 8.40. The van der Waals surface area contributed by atoms with E-state index in [1.54, 1.807) is 6.07 Å². The molecule has 0 amide bonds. The molecule has 0 aliphatic heterocycles. The maximum absolute atomic E-state index is 10.3. The zero-order valence-electron chi connectivity index (χ0n) is 11.1. The fourth-order valence-corrected chi connectivity index (χ4v) is 2.08. The van der Waals surface area contributed by atoms with Gasteiger partial charge in [-0.2, -0.15) is 0 Å². The Morgan fingerprint density at radius 2 is 1.58 bits per heavy atom. The minimum absolute atomic E-state index is 0.0102. The van der Waals surface area contributed by atoms with Crippen molar-refractivity contribution in [3.05, 3.63) is 23.8 Å². The first-order valence-corrected chi connectivity index (χ1v) is 6.83. The number of carboxylic acid groups (broad SMARTS) is 1. The van der Waals surface area contributed by atoms with E-state index in [1.807, 2.05) is 6.07 Å². The summed E-state index contributed by atoms with van der Waals surface area (Å²) in [5, 5.41) is 27.4. The number of benzene rings is 1. The zero-order valence-corrected chi connectivity index (χ0v) is 11.1. The Labute approximate surface area is 113 Å². The van der Waals surface area contributed by atoms with Gasteiger partial charge in [0.05, 0.1) is 0 Å². The largest absolute Gasteiger partial charge is 0.504 e. The van der Waals surface area contributed by atoms with Gasteiger partial charge < -0.3 is 15.3 Å². The third-order valence-electron chi connectivity index (χ3n) is 3.19. The Morgan fingerprint density at radius 3 is 2.26 bits per heavy atom. The molecule has 1 rings (SSSR count).